The lowest BCUT2D eigenvalue weighted by Crippen LogP contribution is -2.04. The lowest BCUT2D eigenvalue weighted by Gasteiger charge is -2.13. The van der Waals surface area contributed by atoms with E-state index in [1.807, 2.05) is 24.3 Å². The Labute approximate surface area is 396 Å². The van der Waals surface area contributed by atoms with Gasteiger partial charge in [-0.2, -0.15) is 0 Å². The fraction of sp³-hybridized carbons (Fsp3) is 0. The Balaban J connectivity index is 1.02. The van der Waals surface area contributed by atoms with Crippen LogP contribution in [-0.2, 0) is 0 Å². The maximum atomic E-state index is 6.60. The van der Waals surface area contributed by atoms with E-state index in [0.29, 0.717) is 5.95 Å². The standard InChI is InChI=1S/C64H39N3O2/c1-3-15-40(16-4-1)42-19-11-21-46(35-42)56-39-57(47-22-12-20-43(36-47)41-17-5-2-6-18-41)66-64(65-56)67-58-33-31-44(48-25-13-27-52-50-23-7-9-29-60(50)68-62(48)52)37-54(58)55-38-45(32-34-59(55)67)49-26-14-28-53-51-24-8-10-30-61(51)69-63(49)53/h1-39H. The van der Waals surface area contributed by atoms with Crippen molar-refractivity contribution in [2.45, 2.75) is 0 Å². The number of furan rings is 2. The third-order valence-corrected chi connectivity index (χ3v) is 13.6. The molecule has 0 saturated carbocycles. The number of benzene rings is 10. The second-order valence-electron chi connectivity index (χ2n) is 17.7. The van der Waals surface area contributed by atoms with Gasteiger partial charge in [0.05, 0.1) is 22.4 Å². The molecular weight excluding hydrogens is 843 g/mol. The average Bonchev–Trinajstić information content (AvgIpc) is 4.11. The van der Waals surface area contributed by atoms with Crippen molar-refractivity contribution in [3.05, 3.63) is 237 Å². The molecule has 322 valence electrons. The molecular formula is C64H39N3O2. The molecule has 0 spiro atoms. The number of hydrogen-bond donors (Lipinski definition) is 0. The van der Waals surface area contributed by atoms with Gasteiger partial charge in [-0.3, -0.25) is 4.57 Å². The SMILES string of the molecule is c1ccc(-c2cccc(-c3cc(-c4cccc(-c5ccccc5)c4)nc(-n4c5ccc(-c6cccc7c6oc6ccccc67)cc5c5cc(-c6cccc7c6oc6ccccc67)ccc54)n3)c2)cc1. The number of rotatable bonds is 7. The van der Waals surface area contributed by atoms with Gasteiger partial charge in [-0.1, -0.05) is 182 Å². The van der Waals surface area contributed by atoms with E-state index < -0.39 is 0 Å². The molecule has 4 heterocycles. The summed E-state index contributed by atoms with van der Waals surface area (Å²) in [7, 11) is 0. The summed E-state index contributed by atoms with van der Waals surface area (Å²) < 4.78 is 15.4. The van der Waals surface area contributed by atoms with Crippen molar-refractivity contribution in [2.24, 2.45) is 0 Å². The van der Waals surface area contributed by atoms with Gasteiger partial charge in [0, 0.05) is 54.6 Å². The Bertz CT molecular complexity index is 4040. The smallest absolute Gasteiger partial charge is 0.235 e. The molecule has 0 radical (unpaired) electrons. The molecule has 0 aliphatic carbocycles. The number of para-hydroxylation sites is 4. The number of fused-ring (bicyclic) bond motifs is 9. The zero-order valence-electron chi connectivity index (χ0n) is 37.2. The summed E-state index contributed by atoms with van der Waals surface area (Å²) in [5, 5.41) is 6.54. The summed E-state index contributed by atoms with van der Waals surface area (Å²) in [6.45, 7) is 0. The first-order valence-electron chi connectivity index (χ1n) is 23.3. The molecule has 14 aromatic rings. The first-order valence-corrected chi connectivity index (χ1v) is 23.3. The van der Waals surface area contributed by atoms with E-state index >= 15 is 0 Å². The van der Waals surface area contributed by atoms with E-state index in [4.69, 9.17) is 18.8 Å². The molecule has 10 aromatic carbocycles. The zero-order chi connectivity index (χ0) is 45.4. The molecule has 0 aliphatic rings. The third kappa shape index (κ3) is 6.47. The van der Waals surface area contributed by atoms with Crippen LogP contribution in [0.1, 0.15) is 0 Å². The molecule has 14 rings (SSSR count). The van der Waals surface area contributed by atoms with Gasteiger partial charge in [-0.15, -0.1) is 0 Å². The number of aromatic nitrogens is 3. The van der Waals surface area contributed by atoms with E-state index in [-0.39, 0.29) is 0 Å². The zero-order valence-corrected chi connectivity index (χ0v) is 37.2. The predicted octanol–water partition coefficient (Wildman–Crippen LogP) is 17.4. The monoisotopic (exact) mass is 881 g/mol. The Morgan fingerprint density at radius 3 is 1.17 bits per heavy atom. The third-order valence-electron chi connectivity index (χ3n) is 13.6. The average molecular weight is 882 g/mol. The van der Waals surface area contributed by atoms with E-state index in [1.54, 1.807) is 0 Å². The van der Waals surface area contributed by atoms with Crippen LogP contribution in [0.5, 0.6) is 0 Å². The molecule has 69 heavy (non-hydrogen) atoms. The van der Waals surface area contributed by atoms with Crippen LogP contribution in [0, 0.1) is 0 Å². The summed E-state index contributed by atoms with van der Waals surface area (Å²) in [6, 6.07) is 83.3. The highest BCUT2D eigenvalue weighted by Crippen LogP contribution is 2.43. The lowest BCUT2D eigenvalue weighted by atomic mass is 9.98. The molecule has 0 aliphatic heterocycles. The summed E-state index contributed by atoms with van der Waals surface area (Å²) >= 11 is 0. The minimum absolute atomic E-state index is 0.581. The van der Waals surface area contributed by atoms with Crippen molar-refractivity contribution in [3.8, 4) is 73.0 Å². The Morgan fingerprint density at radius 1 is 0.275 bits per heavy atom. The van der Waals surface area contributed by atoms with Crippen LogP contribution < -0.4 is 0 Å². The largest absolute Gasteiger partial charge is 0.455 e. The van der Waals surface area contributed by atoms with Crippen molar-refractivity contribution < 1.29 is 8.83 Å². The maximum Gasteiger partial charge on any atom is 0.235 e. The van der Waals surface area contributed by atoms with Gasteiger partial charge >= 0.3 is 0 Å². The molecule has 0 saturated heterocycles. The van der Waals surface area contributed by atoms with Crippen LogP contribution in [0.25, 0.3) is 139 Å². The van der Waals surface area contributed by atoms with Crippen molar-refractivity contribution in [1.29, 1.82) is 0 Å². The predicted molar refractivity (Wildman–Crippen MR) is 284 cm³/mol. The summed E-state index contributed by atoms with van der Waals surface area (Å²) in [6.07, 6.45) is 0. The molecule has 5 nitrogen and oxygen atoms in total. The molecule has 0 atom stereocenters. The lowest BCUT2D eigenvalue weighted by molar-refractivity contribution is 0.669. The van der Waals surface area contributed by atoms with Crippen molar-refractivity contribution in [1.82, 2.24) is 14.5 Å². The van der Waals surface area contributed by atoms with E-state index in [0.717, 1.165) is 133 Å². The van der Waals surface area contributed by atoms with Gasteiger partial charge < -0.3 is 8.83 Å². The van der Waals surface area contributed by atoms with E-state index in [9.17, 15) is 0 Å². The van der Waals surface area contributed by atoms with Gasteiger partial charge in [0.25, 0.3) is 0 Å². The highest BCUT2D eigenvalue weighted by Gasteiger charge is 2.21. The maximum absolute atomic E-state index is 6.60. The molecule has 0 N–H and O–H groups in total. The summed E-state index contributed by atoms with van der Waals surface area (Å²) in [5.74, 6) is 0.581. The van der Waals surface area contributed by atoms with Gasteiger partial charge in [-0.25, -0.2) is 9.97 Å². The van der Waals surface area contributed by atoms with Crippen LogP contribution in [0.15, 0.2) is 245 Å². The van der Waals surface area contributed by atoms with Crippen molar-refractivity contribution >= 4 is 65.7 Å². The molecule has 0 unspecified atom stereocenters. The van der Waals surface area contributed by atoms with E-state index in [1.165, 1.54) is 0 Å². The first-order chi connectivity index (χ1) is 34.2. The van der Waals surface area contributed by atoms with Crippen LogP contribution in [0.3, 0.4) is 0 Å². The normalized spacial score (nSPS) is 11.8. The molecule has 4 aromatic heterocycles. The summed E-state index contributed by atoms with van der Waals surface area (Å²) in [5.41, 5.74) is 17.9. The van der Waals surface area contributed by atoms with Crippen LogP contribution in [0.2, 0.25) is 0 Å². The van der Waals surface area contributed by atoms with Gasteiger partial charge in [0.1, 0.15) is 22.3 Å². The van der Waals surface area contributed by atoms with Crippen LogP contribution in [-0.4, -0.2) is 14.5 Å². The molecule has 0 amide bonds. The highest BCUT2D eigenvalue weighted by molar-refractivity contribution is 6.15. The quantitative estimate of drug-likeness (QED) is 0.160. The first kappa shape index (κ1) is 38.9. The second kappa shape index (κ2) is 15.7. The van der Waals surface area contributed by atoms with Gasteiger partial charge in [0.2, 0.25) is 5.95 Å². The van der Waals surface area contributed by atoms with Gasteiger partial charge in [0.15, 0.2) is 0 Å². The molecule has 0 fully saturated rings. The van der Waals surface area contributed by atoms with Crippen LogP contribution in [0.4, 0.5) is 0 Å². The van der Waals surface area contributed by atoms with Crippen molar-refractivity contribution in [3.63, 3.8) is 0 Å². The molecule has 5 heteroatoms. The Morgan fingerprint density at radius 2 is 0.681 bits per heavy atom. The topological polar surface area (TPSA) is 57.0 Å². The Kier molecular flexibility index (Phi) is 8.83. The van der Waals surface area contributed by atoms with E-state index in [2.05, 4.69) is 217 Å². The molecule has 0 bridgehead atoms. The van der Waals surface area contributed by atoms with Gasteiger partial charge in [-0.05, 0) is 88.0 Å². The summed E-state index contributed by atoms with van der Waals surface area (Å²) in [4.78, 5) is 11.0. The number of hydrogen-bond acceptors (Lipinski definition) is 4. The fourth-order valence-electron chi connectivity index (χ4n) is 10.3. The minimum atomic E-state index is 0.581. The van der Waals surface area contributed by atoms with Crippen molar-refractivity contribution in [2.75, 3.05) is 0 Å². The Hall–Kier alpha value is -9.32. The highest BCUT2D eigenvalue weighted by atomic mass is 16.3. The van der Waals surface area contributed by atoms with Crippen LogP contribution >= 0.6 is 0 Å². The number of nitrogens with zero attached hydrogens (tertiary/aromatic N) is 3. The second-order valence-corrected chi connectivity index (χ2v) is 17.7. The minimum Gasteiger partial charge on any atom is -0.455 e. The fourth-order valence-corrected chi connectivity index (χ4v) is 10.3.